The van der Waals surface area contributed by atoms with Crippen molar-refractivity contribution in [1.82, 2.24) is 0 Å². The van der Waals surface area contributed by atoms with E-state index >= 15 is 0 Å². The minimum absolute atomic E-state index is 0.284. The summed E-state index contributed by atoms with van der Waals surface area (Å²) in [4.78, 5) is 0.500. The Bertz CT molecular complexity index is 473. The van der Waals surface area contributed by atoms with E-state index in [0.29, 0.717) is 11.3 Å². The molecule has 0 saturated heterocycles. The predicted octanol–water partition coefficient (Wildman–Crippen LogP) is 2.90. The first-order valence-corrected chi connectivity index (χ1v) is 7.58. The fourth-order valence-electron chi connectivity index (χ4n) is 2.38. The second kappa shape index (κ2) is 5.29. The Morgan fingerprint density at radius 3 is 2.42 bits per heavy atom. The summed E-state index contributed by atoms with van der Waals surface area (Å²) < 4.78 is 39.9. The van der Waals surface area contributed by atoms with Crippen molar-refractivity contribution in [2.24, 2.45) is 5.92 Å². The molecule has 0 heterocycles. The average molecular weight is 288 g/mol. The first-order chi connectivity index (χ1) is 8.84. The largest absolute Gasteiger partial charge is 0.386 e. The van der Waals surface area contributed by atoms with Crippen LogP contribution in [-0.4, -0.2) is 26.6 Å². The Kier molecular flexibility index (Phi) is 4.06. The fraction of sp³-hybridized carbons (Fsp3) is 0.571. The van der Waals surface area contributed by atoms with Crippen LogP contribution in [0.5, 0.6) is 0 Å². The molecule has 19 heavy (non-hydrogen) atoms. The molecule has 5 heteroatoms. The van der Waals surface area contributed by atoms with Crippen LogP contribution < -0.4 is 0 Å². The Hall–Kier alpha value is -0.810. The summed E-state index contributed by atoms with van der Waals surface area (Å²) in [6, 6.07) is 6.94. The Balaban J connectivity index is 2.22. The lowest BCUT2D eigenvalue weighted by Crippen LogP contribution is -2.52. The molecule has 0 aliphatic heterocycles. The number of aliphatic hydroxyl groups excluding tert-OH is 1. The third kappa shape index (κ3) is 2.72. The zero-order chi connectivity index (χ0) is 14.2. The molecule has 1 aromatic carbocycles. The summed E-state index contributed by atoms with van der Waals surface area (Å²) in [7, 11) is -1.60. The van der Waals surface area contributed by atoms with Gasteiger partial charge in [-0.25, -0.2) is 8.78 Å². The van der Waals surface area contributed by atoms with Gasteiger partial charge in [-0.1, -0.05) is 24.6 Å². The van der Waals surface area contributed by atoms with Crippen molar-refractivity contribution >= 4 is 10.8 Å². The molecule has 1 fully saturated rings. The third-order valence-electron chi connectivity index (χ3n) is 3.82. The SMILES string of the molecule is Cc1ccc([S@](=O)[C@@H]2CC[C@H](C)C(F)(F)[C@H]2O)cc1. The molecule has 106 valence electrons. The second-order valence-corrected chi connectivity index (χ2v) is 6.92. The van der Waals surface area contributed by atoms with E-state index in [4.69, 9.17) is 0 Å². The number of rotatable bonds is 2. The standard InChI is InChI=1S/C14H18F2O2S/c1-9-3-6-11(7-4-9)19(18)12-8-5-10(2)14(15,16)13(12)17/h3-4,6-7,10,12-13,17H,5,8H2,1-2H3/t10-,12+,13-,19-/m0/s1. The Morgan fingerprint density at radius 1 is 1.26 bits per heavy atom. The summed E-state index contributed by atoms with van der Waals surface area (Å²) >= 11 is 0. The molecule has 0 radical (unpaired) electrons. The molecule has 1 saturated carbocycles. The molecule has 0 amide bonds. The molecule has 2 nitrogen and oxygen atoms in total. The molecular formula is C14H18F2O2S. The van der Waals surface area contributed by atoms with Crippen LogP contribution in [-0.2, 0) is 10.8 Å². The van der Waals surface area contributed by atoms with Gasteiger partial charge in [-0.15, -0.1) is 0 Å². The molecule has 2 rings (SSSR count). The smallest absolute Gasteiger partial charge is 0.277 e. The summed E-state index contributed by atoms with van der Waals surface area (Å²) in [5, 5.41) is 8.92. The van der Waals surface area contributed by atoms with Gasteiger partial charge in [0, 0.05) is 10.8 Å². The molecule has 1 N–H and O–H groups in total. The number of hydrogen-bond acceptors (Lipinski definition) is 2. The van der Waals surface area contributed by atoms with Crippen molar-refractivity contribution in [2.75, 3.05) is 0 Å². The van der Waals surface area contributed by atoms with Gasteiger partial charge in [-0.3, -0.25) is 4.21 Å². The highest BCUT2D eigenvalue weighted by Crippen LogP contribution is 2.41. The van der Waals surface area contributed by atoms with Gasteiger partial charge < -0.3 is 5.11 Å². The first kappa shape index (κ1) is 14.6. The van der Waals surface area contributed by atoms with Crippen molar-refractivity contribution in [3.8, 4) is 0 Å². The maximum Gasteiger partial charge on any atom is 0.277 e. The van der Waals surface area contributed by atoms with Crippen molar-refractivity contribution in [1.29, 1.82) is 0 Å². The minimum Gasteiger partial charge on any atom is -0.386 e. The third-order valence-corrected chi connectivity index (χ3v) is 5.60. The number of alkyl halides is 2. The van der Waals surface area contributed by atoms with Crippen LogP contribution in [0, 0.1) is 12.8 Å². The van der Waals surface area contributed by atoms with Crippen LogP contribution in [0.25, 0.3) is 0 Å². The maximum absolute atomic E-state index is 13.8. The first-order valence-electron chi connectivity index (χ1n) is 6.37. The van der Waals surface area contributed by atoms with Gasteiger partial charge >= 0.3 is 0 Å². The van der Waals surface area contributed by atoms with E-state index in [1.165, 1.54) is 6.92 Å². The molecule has 1 aliphatic rings. The number of halogens is 2. The summed E-state index contributed by atoms with van der Waals surface area (Å²) in [5.41, 5.74) is 1.02. The van der Waals surface area contributed by atoms with Crippen LogP contribution >= 0.6 is 0 Å². The van der Waals surface area contributed by atoms with Gasteiger partial charge in [0.1, 0.15) is 6.10 Å². The van der Waals surface area contributed by atoms with E-state index in [2.05, 4.69) is 0 Å². The van der Waals surface area contributed by atoms with E-state index in [1.54, 1.807) is 24.3 Å². The zero-order valence-corrected chi connectivity index (χ0v) is 11.8. The van der Waals surface area contributed by atoms with Crippen molar-refractivity contribution in [2.45, 2.75) is 48.9 Å². The van der Waals surface area contributed by atoms with E-state index in [9.17, 15) is 18.1 Å². The maximum atomic E-state index is 13.8. The quantitative estimate of drug-likeness (QED) is 0.908. The molecule has 0 spiro atoms. The summed E-state index contributed by atoms with van der Waals surface area (Å²) in [6.07, 6.45) is -1.19. The van der Waals surface area contributed by atoms with Crippen LogP contribution in [0.2, 0.25) is 0 Å². The number of hydrogen-bond donors (Lipinski definition) is 1. The second-order valence-electron chi connectivity index (χ2n) is 5.25. The van der Waals surface area contributed by atoms with Crippen LogP contribution in [0.15, 0.2) is 29.2 Å². The highest BCUT2D eigenvalue weighted by molar-refractivity contribution is 7.85. The molecule has 1 aliphatic carbocycles. The average Bonchev–Trinajstić information content (AvgIpc) is 2.37. The van der Waals surface area contributed by atoms with Gasteiger partial charge in [0.2, 0.25) is 0 Å². The van der Waals surface area contributed by atoms with Crippen LogP contribution in [0.1, 0.15) is 25.3 Å². The van der Waals surface area contributed by atoms with E-state index in [1.807, 2.05) is 6.92 Å². The topological polar surface area (TPSA) is 37.3 Å². The highest BCUT2D eigenvalue weighted by Gasteiger charge is 2.52. The van der Waals surface area contributed by atoms with Crippen molar-refractivity contribution in [3.05, 3.63) is 29.8 Å². The monoisotopic (exact) mass is 288 g/mol. The van der Waals surface area contributed by atoms with Crippen LogP contribution in [0.4, 0.5) is 8.78 Å². The fourth-order valence-corrected chi connectivity index (χ4v) is 3.89. The van der Waals surface area contributed by atoms with Gasteiger partial charge in [-0.2, -0.15) is 0 Å². The number of aryl methyl sites for hydroxylation is 1. The molecule has 4 atom stereocenters. The highest BCUT2D eigenvalue weighted by atomic mass is 32.2. The summed E-state index contributed by atoms with van der Waals surface area (Å²) in [5.74, 6) is -4.03. The minimum atomic E-state index is -3.16. The van der Waals surface area contributed by atoms with Gasteiger partial charge in [0.25, 0.3) is 5.92 Å². The van der Waals surface area contributed by atoms with Crippen molar-refractivity contribution < 1.29 is 18.1 Å². The summed E-state index contributed by atoms with van der Waals surface area (Å²) in [6.45, 7) is 3.33. The van der Waals surface area contributed by atoms with Gasteiger partial charge in [0.15, 0.2) is 0 Å². The van der Waals surface area contributed by atoms with E-state index < -0.39 is 34.0 Å². The van der Waals surface area contributed by atoms with E-state index in [0.717, 1.165) is 5.56 Å². The molecule has 0 bridgehead atoms. The zero-order valence-electron chi connectivity index (χ0n) is 11.0. The molecular weight excluding hydrogens is 270 g/mol. The van der Waals surface area contributed by atoms with Crippen molar-refractivity contribution in [3.63, 3.8) is 0 Å². The van der Waals surface area contributed by atoms with Crippen LogP contribution in [0.3, 0.4) is 0 Å². The Morgan fingerprint density at radius 2 is 1.84 bits per heavy atom. The Labute approximate surface area is 114 Å². The normalized spacial score (nSPS) is 31.9. The molecule has 1 aromatic rings. The number of aliphatic hydroxyl groups is 1. The van der Waals surface area contributed by atoms with Gasteiger partial charge in [-0.05, 0) is 31.9 Å². The number of benzene rings is 1. The lowest BCUT2D eigenvalue weighted by molar-refractivity contribution is -0.160. The van der Waals surface area contributed by atoms with Gasteiger partial charge in [0.05, 0.1) is 16.0 Å². The lowest BCUT2D eigenvalue weighted by Gasteiger charge is -2.38. The predicted molar refractivity (Wildman–Crippen MR) is 70.7 cm³/mol. The molecule has 0 unspecified atom stereocenters. The molecule has 0 aromatic heterocycles. The van der Waals surface area contributed by atoms with E-state index in [-0.39, 0.29) is 6.42 Å². The lowest BCUT2D eigenvalue weighted by atomic mass is 9.84.